The lowest BCUT2D eigenvalue weighted by molar-refractivity contribution is 0.122. The van der Waals surface area contributed by atoms with Crippen LogP contribution in [0.3, 0.4) is 0 Å². The quantitative estimate of drug-likeness (QED) is 0.818. The maximum absolute atomic E-state index is 5.76. The molecule has 7 nitrogen and oxygen atoms in total. The average molecular weight is 264 g/mol. The highest BCUT2D eigenvalue weighted by Gasteiger charge is 2.19. The average Bonchev–Trinajstić information content (AvgIpc) is 2.37. The topological polar surface area (TPSA) is 89.2 Å². The van der Waals surface area contributed by atoms with Crippen LogP contribution in [0, 0.1) is 5.92 Å². The molecule has 1 aliphatic carbocycles. The van der Waals surface area contributed by atoms with Gasteiger partial charge in [-0.05, 0) is 18.8 Å². The molecular weight excluding hydrogens is 244 g/mol. The van der Waals surface area contributed by atoms with Crippen molar-refractivity contribution in [1.29, 1.82) is 0 Å². The monoisotopic (exact) mass is 264 g/mol. The second kappa shape index (κ2) is 5.56. The summed E-state index contributed by atoms with van der Waals surface area (Å²) in [5.74, 6) is 2.25. The molecule has 0 radical (unpaired) electrons. The van der Waals surface area contributed by atoms with Crippen LogP contribution in [0.1, 0.15) is 19.3 Å². The van der Waals surface area contributed by atoms with Gasteiger partial charge in [0.2, 0.25) is 17.8 Å². The molecule has 2 fully saturated rings. The van der Waals surface area contributed by atoms with Crippen LogP contribution in [-0.2, 0) is 4.74 Å². The number of ether oxygens (including phenoxy) is 1. The molecule has 3 rings (SSSR count). The standard InChI is InChI=1S/C12H20N6O/c13-10-15-11(14-8-9-2-1-3-9)17-12(16-10)18-4-6-19-7-5-18/h9H,1-8H2,(H3,13,14,15,16,17). The van der Waals surface area contributed by atoms with Crippen molar-refractivity contribution in [2.45, 2.75) is 19.3 Å². The van der Waals surface area contributed by atoms with E-state index in [1.807, 2.05) is 0 Å². The van der Waals surface area contributed by atoms with Gasteiger partial charge in [0.1, 0.15) is 0 Å². The molecule has 0 unspecified atom stereocenters. The zero-order valence-corrected chi connectivity index (χ0v) is 11.0. The smallest absolute Gasteiger partial charge is 0.232 e. The normalized spacial score (nSPS) is 20.1. The molecule has 0 bridgehead atoms. The summed E-state index contributed by atoms with van der Waals surface area (Å²) < 4.78 is 5.32. The van der Waals surface area contributed by atoms with Crippen LogP contribution in [0.15, 0.2) is 0 Å². The van der Waals surface area contributed by atoms with Crippen molar-refractivity contribution in [2.75, 3.05) is 48.8 Å². The van der Waals surface area contributed by atoms with E-state index in [4.69, 9.17) is 10.5 Å². The molecule has 2 heterocycles. The molecule has 0 atom stereocenters. The fourth-order valence-electron chi connectivity index (χ4n) is 2.30. The Balaban J connectivity index is 1.67. The van der Waals surface area contributed by atoms with E-state index in [0.29, 0.717) is 25.1 Å². The number of hydrogen-bond donors (Lipinski definition) is 2. The van der Waals surface area contributed by atoms with Crippen molar-refractivity contribution < 1.29 is 4.74 Å². The van der Waals surface area contributed by atoms with Gasteiger partial charge in [0.05, 0.1) is 13.2 Å². The first kappa shape index (κ1) is 12.4. The van der Waals surface area contributed by atoms with Gasteiger partial charge in [0.25, 0.3) is 0 Å². The van der Waals surface area contributed by atoms with Crippen LogP contribution in [-0.4, -0.2) is 47.8 Å². The molecule has 1 saturated heterocycles. The van der Waals surface area contributed by atoms with E-state index in [-0.39, 0.29) is 5.95 Å². The zero-order valence-electron chi connectivity index (χ0n) is 11.0. The molecule has 0 amide bonds. The number of aromatic nitrogens is 3. The van der Waals surface area contributed by atoms with E-state index in [1.54, 1.807) is 0 Å². The van der Waals surface area contributed by atoms with Gasteiger partial charge >= 0.3 is 0 Å². The van der Waals surface area contributed by atoms with Gasteiger partial charge in [-0.2, -0.15) is 15.0 Å². The van der Waals surface area contributed by atoms with Gasteiger partial charge in [-0.1, -0.05) is 6.42 Å². The van der Waals surface area contributed by atoms with E-state index >= 15 is 0 Å². The van der Waals surface area contributed by atoms with Crippen LogP contribution in [0.5, 0.6) is 0 Å². The Morgan fingerprint density at radius 2 is 2.00 bits per heavy atom. The van der Waals surface area contributed by atoms with Crippen molar-refractivity contribution in [3.05, 3.63) is 0 Å². The lowest BCUT2D eigenvalue weighted by Crippen LogP contribution is -2.37. The largest absolute Gasteiger partial charge is 0.378 e. The van der Waals surface area contributed by atoms with Crippen molar-refractivity contribution in [3.8, 4) is 0 Å². The summed E-state index contributed by atoms with van der Waals surface area (Å²) in [6.45, 7) is 3.93. The summed E-state index contributed by atoms with van der Waals surface area (Å²) in [5.41, 5.74) is 5.76. The fraction of sp³-hybridized carbons (Fsp3) is 0.750. The lowest BCUT2D eigenvalue weighted by atomic mass is 9.85. The molecule has 19 heavy (non-hydrogen) atoms. The van der Waals surface area contributed by atoms with Crippen LogP contribution in [0.4, 0.5) is 17.8 Å². The summed E-state index contributed by atoms with van der Waals surface area (Å²) in [6.07, 6.45) is 3.93. The Kier molecular flexibility index (Phi) is 3.63. The van der Waals surface area contributed by atoms with Crippen molar-refractivity contribution in [3.63, 3.8) is 0 Å². The third-order valence-corrected chi connectivity index (χ3v) is 3.71. The van der Waals surface area contributed by atoms with Gasteiger partial charge in [-0.25, -0.2) is 0 Å². The van der Waals surface area contributed by atoms with Crippen molar-refractivity contribution >= 4 is 17.8 Å². The zero-order chi connectivity index (χ0) is 13.1. The maximum atomic E-state index is 5.76. The minimum absolute atomic E-state index is 0.271. The van der Waals surface area contributed by atoms with Gasteiger partial charge < -0.3 is 20.7 Å². The molecule has 2 aliphatic rings. The number of nitrogen functional groups attached to an aromatic ring is 1. The van der Waals surface area contributed by atoms with Gasteiger partial charge in [0.15, 0.2) is 0 Å². The number of nitrogens with one attached hydrogen (secondary N) is 1. The summed E-state index contributed by atoms with van der Waals surface area (Å²) in [5, 5.41) is 3.27. The Labute approximate surface area is 112 Å². The molecule has 1 saturated carbocycles. The van der Waals surface area contributed by atoms with E-state index in [9.17, 15) is 0 Å². The number of nitrogens with two attached hydrogens (primary N) is 1. The second-order valence-electron chi connectivity index (χ2n) is 5.09. The van der Waals surface area contributed by atoms with Gasteiger partial charge in [-0.3, -0.25) is 0 Å². The molecule has 0 spiro atoms. The van der Waals surface area contributed by atoms with Crippen LogP contribution in [0.2, 0.25) is 0 Å². The van der Waals surface area contributed by atoms with Gasteiger partial charge in [-0.15, -0.1) is 0 Å². The predicted octanol–water partition coefficient (Wildman–Crippen LogP) is 0.502. The predicted molar refractivity (Wildman–Crippen MR) is 73.1 cm³/mol. The Morgan fingerprint density at radius 1 is 1.21 bits per heavy atom. The molecule has 1 aromatic heterocycles. The Bertz CT molecular complexity index is 430. The van der Waals surface area contributed by atoms with Crippen LogP contribution in [0.25, 0.3) is 0 Å². The first-order valence-electron chi connectivity index (χ1n) is 6.89. The summed E-state index contributed by atoms with van der Waals surface area (Å²) in [4.78, 5) is 14.9. The third-order valence-electron chi connectivity index (χ3n) is 3.71. The molecule has 0 aromatic carbocycles. The summed E-state index contributed by atoms with van der Waals surface area (Å²) in [6, 6.07) is 0. The highest BCUT2D eigenvalue weighted by Crippen LogP contribution is 2.26. The molecule has 104 valence electrons. The molecule has 3 N–H and O–H groups in total. The molecule has 1 aliphatic heterocycles. The maximum Gasteiger partial charge on any atom is 0.232 e. The van der Waals surface area contributed by atoms with Crippen molar-refractivity contribution in [2.24, 2.45) is 5.92 Å². The first-order chi connectivity index (χ1) is 9.31. The lowest BCUT2D eigenvalue weighted by Gasteiger charge is -2.27. The number of anilines is 3. The van der Waals surface area contributed by atoms with E-state index in [0.717, 1.165) is 25.6 Å². The molecule has 7 heteroatoms. The summed E-state index contributed by atoms with van der Waals surface area (Å²) >= 11 is 0. The first-order valence-corrected chi connectivity index (χ1v) is 6.89. The van der Waals surface area contributed by atoms with Crippen LogP contribution >= 0.6 is 0 Å². The van der Waals surface area contributed by atoms with E-state index in [2.05, 4.69) is 25.2 Å². The Morgan fingerprint density at radius 3 is 2.68 bits per heavy atom. The third kappa shape index (κ3) is 3.04. The molecule has 1 aromatic rings. The SMILES string of the molecule is Nc1nc(NCC2CCC2)nc(N2CCOCC2)n1. The number of morpholine rings is 1. The molecular formula is C12H20N6O. The van der Waals surface area contributed by atoms with Gasteiger partial charge in [0, 0.05) is 19.6 Å². The number of nitrogens with zero attached hydrogens (tertiary/aromatic N) is 4. The number of rotatable bonds is 4. The second-order valence-corrected chi connectivity index (χ2v) is 5.09. The van der Waals surface area contributed by atoms with E-state index < -0.39 is 0 Å². The van der Waals surface area contributed by atoms with Crippen molar-refractivity contribution in [1.82, 2.24) is 15.0 Å². The van der Waals surface area contributed by atoms with Crippen LogP contribution < -0.4 is 16.0 Å². The Hall–Kier alpha value is -1.63. The number of hydrogen-bond acceptors (Lipinski definition) is 7. The summed E-state index contributed by atoms with van der Waals surface area (Å²) in [7, 11) is 0. The minimum atomic E-state index is 0.271. The highest BCUT2D eigenvalue weighted by atomic mass is 16.5. The fourth-order valence-corrected chi connectivity index (χ4v) is 2.30. The van der Waals surface area contributed by atoms with E-state index in [1.165, 1.54) is 19.3 Å². The highest BCUT2D eigenvalue weighted by molar-refractivity contribution is 5.42. The minimum Gasteiger partial charge on any atom is -0.378 e.